The first-order chi connectivity index (χ1) is 14.2. The zero-order chi connectivity index (χ0) is 21.5. The van der Waals surface area contributed by atoms with Crippen LogP contribution in [0.25, 0.3) is 22.3 Å². The molecule has 8 nitrogen and oxygen atoms in total. The zero-order valence-electron chi connectivity index (χ0n) is 16.8. The van der Waals surface area contributed by atoms with Crippen molar-refractivity contribution >= 4 is 22.8 Å². The summed E-state index contributed by atoms with van der Waals surface area (Å²) < 4.78 is 17.6. The molecule has 0 aromatic carbocycles. The van der Waals surface area contributed by atoms with Gasteiger partial charge in [0.15, 0.2) is 17.3 Å². The number of nitrogens with zero attached hydrogens (tertiary/aromatic N) is 5. The van der Waals surface area contributed by atoms with E-state index >= 15 is 0 Å². The first-order valence-electron chi connectivity index (χ1n) is 9.33. The van der Waals surface area contributed by atoms with Gasteiger partial charge in [0.25, 0.3) is 5.56 Å². The van der Waals surface area contributed by atoms with E-state index in [4.69, 9.17) is 0 Å². The third-order valence-corrected chi connectivity index (χ3v) is 4.55. The molecular formula is C21H21FN6O2. The molecule has 0 amide bonds. The molecule has 0 radical (unpaired) electrons. The van der Waals surface area contributed by atoms with E-state index in [1.807, 2.05) is 6.07 Å². The summed E-state index contributed by atoms with van der Waals surface area (Å²) in [5, 5.41) is 12.9. The molecule has 4 rings (SSSR count). The number of rotatable bonds is 5. The molecule has 0 atom stereocenters. The molecule has 9 heteroatoms. The highest BCUT2D eigenvalue weighted by Crippen LogP contribution is 2.24. The SMILES string of the molecule is Cn1ccc(-c2ccc(Nc3nc4c(cc3F)ncn4CC(C)(C)O)nc2)cc1=O. The van der Waals surface area contributed by atoms with Crippen LogP contribution in [0.1, 0.15) is 13.8 Å². The molecule has 0 aliphatic rings. The first-order valence-corrected chi connectivity index (χ1v) is 9.33. The summed E-state index contributed by atoms with van der Waals surface area (Å²) in [6.07, 6.45) is 4.82. The Kier molecular flexibility index (Phi) is 4.83. The fourth-order valence-electron chi connectivity index (χ4n) is 3.07. The van der Waals surface area contributed by atoms with Gasteiger partial charge < -0.3 is 19.6 Å². The Morgan fingerprint density at radius 3 is 2.63 bits per heavy atom. The van der Waals surface area contributed by atoms with Gasteiger partial charge in [-0.1, -0.05) is 0 Å². The molecule has 0 fully saturated rings. The average Bonchev–Trinajstić information content (AvgIpc) is 3.05. The number of nitrogens with one attached hydrogen (secondary N) is 1. The highest BCUT2D eigenvalue weighted by atomic mass is 19.1. The van der Waals surface area contributed by atoms with E-state index in [9.17, 15) is 14.3 Å². The van der Waals surface area contributed by atoms with Crippen molar-refractivity contribution in [3.8, 4) is 11.1 Å². The van der Waals surface area contributed by atoms with Crippen molar-refractivity contribution in [2.75, 3.05) is 5.32 Å². The summed E-state index contributed by atoms with van der Waals surface area (Å²) in [6, 6.07) is 8.12. The molecule has 154 valence electrons. The number of aromatic nitrogens is 5. The number of hydrogen-bond donors (Lipinski definition) is 2. The summed E-state index contributed by atoms with van der Waals surface area (Å²) in [5.74, 6) is -0.149. The van der Waals surface area contributed by atoms with E-state index in [1.54, 1.807) is 50.0 Å². The molecule has 0 saturated heterocycles. The number of imidazole rings is 1. The van der Waals surface area contributed by atoms with E-state index in [1.165, 1.54) is 23.0 Å². The minimum Gasteiger partial charge on any atom is -0.389 e. The van der Waals surface area contributed by atoms with Crippen molar-refractivity contribution in [3.05, 3.63) is 65.2 Å². The van der Waals surface area contributed by atoms with Gasteiger partial charge in [-0.25, -0.2) is 19.3 Å². The standard InChI is InChI=1S/C21H21FN6O2/c1-21(2,30)11-28-12-24-16-9-15(22)19(26-20(16)28)25-17-5-4-14(10-23-17)13-6-7-27(3)18(29)8-13/h4-10,12,30H,11H2,1-3H3,(H,23,25,26). The van der Waals surface area contributed by atoms with Crippen molar-refractivity contribution in [3.63, 3.8) is 0 Å². The van der Waals surface area contributed by atoms with Gasteiger partial charge in [-0.2, -0.15) is 0 Å². The van der Waals surface area contributed by atoms with Crippen LogP contribution >= 0.6 is 0 Å². The zero-order valence-corrected chi connectivity index (χ0v) is 16.8. The Morgan fingerprint density at radius 1 is 1.17 bits per heavy atom. The molecule has 4 aromatic rings. The summed E-state index contributed by atoms with van der Waals surface area (Å²) in [7, 11) is 1.68. The van der Waals surface area contributed by atoms with Crippen molar-refractivity contribution in [2.24, 2.45) is 7.05 Å². The molecule has 0 aliphatic carbocycles. The molecule has 30 heavy (non-hydrogen) atoms. The van der Waals surface area contributed by atoms with Crippen molar-refractivity contribution in [2.45, 2.75) is 26.0 Å². The Morgan fingerprint density at radius 2 is 1.97 bits per heavy atom. The maximum Gasteiger partial charge on any atom is 0.250 e. The minimum absolute atomic E-state index is 0.00817. The molecule has 2 N–H and O–H groups in total. The molecule has 4 aromatic heterocycles. The van der Waals surface area contributed by atoms with Gasteiger partial charge in [0, 0.05) is 37.1 Å². The monoisotopic (exact) mass is 408 g/mol. The Bertz CT molecular complexity index is 1270. The van der Waals surface area contributed by atoms with E-state index in [0.717, 1.165) is 11.1 Å². The fraction of sp³-hybridized carbons (Fsp3) is 0.238. The number of hydrogen-bond acceptors (Lipinski definition) is 6. The Labute approximate surface area is 171 Å². The van der Waals surface area contributed by atoms with Crippen LogP contribution in [0.3, 0.4) is 0 Å². The van der Waals surface area contributed by atoms with Crippen molar-refractivity contribution < 1.29 is 9.50 Å². The van der Waals surface area contributed by atoms with Gasteiger partial charge in [0.05, 0.1) is 18.5 Å². The lowest BCUT2D eigenvalue weighted by Gasteiger charge is -2.17. The largest absolute Gasteiger partial charge is 0.389 e. The third-order valence-electron chi connectivity index (χ3n) is 4.55. The van der Waals surface area contributed by atoms with Gasteiger partial charge in [-0.3, -0.25) is 4.79 Å². The summed E-state index contributed by atoms with van der Waals surface area (Å²) in [5.41, 5.74) is 1.29. The predicted molar refractivity (Wildman–Crippen MR) is 112 cm³/mol. The molecule has 0 unspecified atom stereocenters. The second-order valence-corrected chi connectivity index (χ2v) is 7.77. The van der Waals surface area contributed by atoms with Crippen LogP contribution in [-0.4, -0.2) is 34.8 Å². The lowest BCUT2D eigenvalue weighted by molar-refractivity contribution is 0.0625. The Balaban J connectivity index is 1.62. The number of aryl methyl sites for hydroxylation is 1. The number of anilines is 2. The first kappa shape index (κ1) is 19.7. The van der Waals surface area contributed by atoms with Gasteiger partial charge in [0.2, 0.25) is 0 Å². The van der Waals surface area contributed by atoms with Crippen LogP contribution in [0.15, 0.2) is 53.8 Å². The second-order valence-electron chi connectivity index (χ2n) is 7.77. The lowest BCUT2D eigenvalue weighted by atomic mass is 10.1. The van der Waals surface area contributed by atoms with Crippen LogP contribution < -0.4 is 10.9 Å². The average molecular weight is 408 g/mol. The topological polar surface area (TPSA) is 97.9 Å². The van der Waals surface area contributed by atoms with Crippen LogP contribution in [0, 0.1) is 5.82 Å². The lowest BCUT2D eigenvalue weighted by Crippen LogP contribution is -2.25. The maximum absolute atomic E-state index is 14.5. The molecule has 0 aliphatic heterocycles. The van der Waals surface area contributed by atoms with Gasteiger partial charge >= 0.3 is 0 Å². The molecule has 0 spiro atoms. The highest BCUT2D eigenvalue weighted by molar-refractivity contribution is 5.74. The number of halogens is 1. The number of pyridine rings is 3. The van der Waals surface area contributed by atoms with Gasteiger partial charge in [0.1, 0.15) is 11.3 Å². The molecular weight excluding hydrogens is 387 g/mol. The highest BCUT2D eigenvalue weighted by Gasteiger charge is 2.18. The predicted octanol–water partition coefficient (Wildman–Crippen LogP) is 2.85. The molecule has 0 bridgehead atoms. The number of fused-ring (bicyclic) bond motifs is 1. The summed E-state index contributed by atoms with van der Waals surface area (Å²) in [6.45, 7) is 3.62. The van der Waals surface area contributed by atoms with E-state index < -0.39 is 11.4 Å². The fourth-order valence-corrected chi connectivity index (χ4v) is 3.07. The van der Waals surface area contributed by atoms with Crippen LogP contribution in [0.2, 0.25) is 0 Å². The van der Waals surface area contributed by atoms with Crippen molar-refractivity contribution in [1.29, 1.82) is 0 Å². The van der Waals surface area contributed by atoms with E-state index in [0.29, 0.717) is 17.0 Å². The maximum atomic E-state index is 14.5. The van der Waals surface area contributed by atoms with Gasteiger partial charge in [-0.15, -0.1) is 0 Å². The summed E-state index contributed by atoms with van der Waals surface area (Å²) in [4.78, 5) is 24.6. The third kappa shape index (κ3) is 4.06. The smallest absolute Gasteiger partial charge is 0.250 e. The second kappa shape index (κ2) is 7.34. The molecule has 0 saturated carbocycles. The van der Waals surface area contributed by atoms with E-state index in [2.05, 4.69) is 20.3 Å². The Hall–Kier alpha value is -3.59. The quantitative estimate of drug-likeness (QED) is 0.527. The van der Waals surface area contributed by atoms with Crippen LogP contribution in [-0.2, 0) is 13.6 Å². The van der Waals surface area contributed by atoms with E-state index in [-0.39, 0.29) is 17.9 Å². The van der Waals surface area contributed by atoms with Gasteiger partial charge in [-0.05, 0) is 37.6 Å². The molecule has 4 heterocycles. The van der Waals surface area contributed by atoms with Crippen LogP contribution in [0.4, 0.5) is 16.0 Å². The normalized spacial score (nSPS) is 11.8. The summed E-state index contributed by atoms with van der Waals surface area (Å²) >= 11 is 0. The minimum atomic E-state index is -0.965. The van der Waals surface area contributed by atoms with Crippen LogP contribution in [0.5, 0.6) is 0 Å². The number of aliphatic hydroxyl groups is 1. The van der Waals surface area contributed by atoms with Crippen molar-refractivity contribution in [1.82, 2.24) is 24.1 Å².